The molecule has 2 aromatic rings. The Hall–Kier alpha value is -1.62. The number of benzene rings is 1. The minimum Gasteiger partial charge on any atom is -0.439 e. The van der Waals surface area contributed by atoms with E-state index < -0.39 is 0 Å². The van der Waals surface area contributed by atoms with Crippen LogP contribution in [0, 0.1) is 12.7 Å². The van der Waals surface area contributed by atoms with Gasteiger partial charge in [0.05, 0.1) is 16.4 Å². The van der Waals surface area contributed by atoms with Crippen molar-refractivity contribution in [3.05, 3.63) is 46.3 Å². The molecular weight excluding hydrogens is 287 g/mol. The Morgan fingerprint density at radius 3 is 2.76 bits per heavy atom. The minimum absolute atomic E-state index is 0.380. The first-order valence-corrected chi connectivity index (χ1v) is 5.70. The number of halogens is 2. The van der Waals surface area contributed by atoms with Crippen molar-refractivity contribution < 1.29 is 9.13 Å². The van der Waals surface area contributed by atoms with Crippen molar-refractivity contribution in [2.45, 2.75) is 6.92 Å². The van der Waals surface area contributed by atoms with Gasteiger partial charge in [-0.1, -0.05) is 0 Å². The van der Waals surface area contributed by atoms with Gasteiger partial charge < -0.3 is 10.5 Å². The van der Waals surface area contributed by atoms with Crippen molar-refractivity contribution in [2.24, 2.45) is 0 Å². The number of nitrogens with two attached hydrogens (primary N) is 1. The number of hydrogen-bond acceptors (Lipinski definition) is 3. The molecule has 0 bridgehead atoms. The lowest BCUT2D eigenvalue weighted by Crippen LogP contribution is -1.94. The Morgan fingerprint density at radius 2 is 2.12 bits per heavy atom. The van der Waals surface area contributed by atoms with Crippen molar-refractivity contribution in [2.75, 3.05) is 5.73 Å². The van der Waals surface area contributed by atoms with Crippen molar-refractivity contribution in [1.29, 1.82) is 0 Å². The monoisotopic (exact) mass is 296 g/mol. The molecule has 1 aromatic heterocycles. The molecule has 0 saturated carbocycles. The van der Waals surface area contributed by atoms with E-state index in [0.29, 0.717) is 21.8 Å². The summed E-state index contributed by atoms with van der Waals surface area (Å²) in [5.74, 6) is 0.399. The summed E-state index contributed by atoms with van der Waals surface area (Å²) < 4.78 is 19.1. The average molecular weight is 297 g/mol. The highest BCUT2D eigenvalue weighted by atomic mass is 79.9. The molecule has 1 aromatic carbocycles. The van der Waals surface area contributed by atoms with E-state index in [1.807, 2.05) is 6.92 Å². The van der Waals surface area contributed by atoms with E-state index in [9.17, 15) is 4.39 Å². The Labute approximate surface area is 107 Å². The highest BCUT2D eigenvalue weighted by molar-refractivity contribution is 9.10. The van der Waals surface area contributed by atoms with Crippen molar-refractivity contribution in [3.63, 3.8) is 0 Å². The predicted octanol–water partition coefficient (Wildman–Crippen LogP) is 3.67. The fourth-order valence-electron chi connectivity index (χ4n) is 1.26. The number of aryl methyl sites for hydroxylation is 1. The lowest BCUT2D eigenvalue weighted by Gasteiger charge is -2.07. The van der Waals surface area contributed by atoms with Gasteiger partial charge in [-0.25, -0.2) is 9.37 Å². The summed E-state index contributed by atoms with van der Waals surface area (Å²) in [7, 11) is 0. The summed E-state index contributed by atoms with van der Waals surface area (Å²) in [4.78, 5) is 4.01. The number of nitrogens with zero attached hydrogens (tertiary/aromatic N) is 1. The van der Waals surface area contributed by atoms with Gasteiger partial charge in [0.1, 0.15) is 11.6 Å². The molecule has 0 spiro atoms. The zero-order valence-electron chi connectivity index (χ0n) is 9.08. The van der Waals surface area contributed by atoms with Crippen LogP contribution in [0.4, 0.5) is 10.1 Å². The molecule has 0 fully saturated rings. The highest BCUT2D eigenvalue weighted by Gasteiger charge is 2.04. The Balaban J connectivity index is 2.25. The molecule has 0 aliphatic rings. The van der Waals surface area contributed by atoms with Gasteiger partial charge in [0.2, 0.25) is 5.88 Å². The third-order valence-electron chi connectivity index (χ3n) is 2.24. The first-order valence-electron chi connectivity index (χ1n) is 4.91. The molecule has 0 aliphatic heterocycles. The second-order valence-corrected chi connectivity index (χ2v) is 4.41. The first kappa shape index (κ1) is 11.9. The Morgan fingerprint density at radius 1 is 1.35 bits per heavy atom. The van der Waals surface area contributed by atoms with E-state index in [2.05, 4.69) is 20.9 Å². The maximum Gasteiger partial charge on any atom is 0.219 e. The standard InChI is InChI=1S/C12H10BrFN2O/c1-7-4-12(16-6-11(7)15)17-8-2-3-9(13)10(14)5-8/h2-6H,15H2,1H3. The predicted molar refractivity (Wildman–Crippen MR) is 67.6 cm³/mol. The van der Waals surface area contributed by atoms with Crippen LogP contribution in [-0.2, 0) is 0 Å². The zero-order chi connectivity index (χ0) is 12.4. The summed E-state index contributed by atoms with van der Waals surface area (Å²) in [6, 6.07) is 6.22. The molecule has 0 atom stereocenters. The number of nitrogen functional groups attached to an aromatic ring is 1. The summed E-state index contributed by atoms with van der Waals surface area (Å²) in [6.07, 6.45) is 1.51. The summed E-state index contributed by atoms with van der Waals surface area (Å²) in [5, 5.41) is 0. The largest absolute Gasteiger partial charge is 0.439 e. The normalized spacial score (nSPS) is 10.3. The van der Waals surface area contributed by atoms with E-state index in [-0.39, 0.29) is 5.82 Å². The second kappa shape index (κ2) is 4.71. The molecule has 2 N–H and O–H groups in total. The number of anilines is 1. The van der Waals surface area contributed by atoms with E-state index in [4.69, 9.17) is 10.5 Å². The number of ether oxygens (including phenoxy) is 1. The lowest BCUT2D eigenvalue weighted by molar-refractivity contribution is 0.457. The molecule has 0 aliphatic carbocycles. The molecule has 3 nitrogen and oxygen atoms in total. The van der Waals surface area contributed by atoms with Crippen LogP contribution in [-0.4, -0.2) is 4.98 Å². The van der Waals surface area contributed by atoms with E-state index in [1.54, 1.807) is 18.2 Å². The van der Waals surface area contributed by atoms with Crippen LogP contribution in [0.1, 0.15) is 5.56 Å². The van der Waals surface area contributed by atoms with Gasteiger partial charge in [-0.2, -0.15) is 0 Å². The van der Waals surface area contributed by atoms with Gasteiger partial charge in [0.25, 0.3) is 0 Å². The Bertz CT molecular complexity index is 511. The van der Waals surface area contributed by atoms with Gasteiger partial charge in [-0.3, -0.25) is 0 Å². The molecule has 5 heteroatoms. The van der Waals surface area contributed by atoms with Crippen LogP contribution in [0.15, 0.2) is 34.9 Å². The molecule has 17 heavy (non-hydrogen) atoms. The van der Waals surface area contributed by atoms with Gasteiger partial charge in [0.15, 0.2) is 0 Å². The SMILES string of the molecule is Cc1cc(Oc2ccc(Br)c(F)c2)ncc1N. The van der Waals surface area contributed by atoms with Crippen LogP contribution in [0.25, 0.3) is 0 Å². The van der Waals surface area contributed by atoms with Crippen LogP contribution in [0.5, 0.6) is 11.6 Å². The smallest absolute Gasteiger partial charge is 0.219 e. The van der Waals surface area contributed by atoms with E-state index in [1.165, 1.54) is 12.3 Å². The number of pyridine rings is 1. The van der Waals surface area contributed by atoms with E-state index >= 15 is 0 Å². The molecule has 0 saturated heterocycles. The summed E-state index contributed by atoms with van der Waals surface area (Å²) >= 11 is 3.07. The first-order chi connectivity index (χ1) is 8.06. The second-order valence-electron chi connectivity index (χ2n) is 3.56. The van der Waals surface area contributed by atoms with Gasteiger partial charge in [-0.05, 0) is 40.5 Å². The fraction of sp³-hybridized carbons (Fsp3) is 0.0833. The summed E-state index contributed by atoms with van der Waals surface area (Å²) in [6.45, 7) is 1.85. The van der Waals surface area contributed by atoms with Crippen LogP contribution in [0.3, 0.4) is 0 Å². The third kappa shape index (κ3) is 2.74. The highest BCUT2D eigenvalue weighted by Crippen LogP contribution is 2.25. The zero-order valence-corrected chi connectivity index (χ0v) is 10.7. The summed E-state index contributed by atoms with van der Waals surface area (Å²) in [5.41, 5.74) is 7.11. The molecular formula is C12H10BrFN2O. The molecule has 0 radical (unpaired) electrons. The molecule has 2 rings (SSSR count). The minimum atomic E-state index is -0.380. The molecule has 0 unspecified atom stereocenters. The van der Waals surface area contributed by atoms with Gasteiger partial charge in [-0.15, -0.1) is 0 Å². The topological polar surface area (TPSA) is 48.1 Å². The van der Waals surface area contributed by atoms with Gasteiger partial charge >= 0.3 is 0 Å². The third-order valence-corrected chi connectivity index (χ3v) is 2.88. The van der Waals surface area contributed by atoms with Crippen molar-refractivity contribution in [3.8, 4) is 11.6 Å². The molecule has 0 amide bonds. The van der Waals surface area contributed by atoms with E-state index in [0.717, 1.165) is 5.56 Å². The van der Waals surface area contributed by atoms with Crippen LogP contribution < -0.4 is 10.5 Å². The Kier molecular flexibility index (Phi) is 3.28. The number of aromatic nitrogens is 1. The van der Waals surface area contributed by atoms with Crippen molar-refractivity contribution in [1.82, 2.24) is 4.98 Å². The molecule has 1 heterocycles. The van der Waals surface area contributed by atoms with Crippen molar-refractivity contribution >= 4 is 21.6 Å². The quantitative estimate of drug-likeness (QED) is 0.920. The number of hydrogen-bond donors (Lipinski definition) is 1. The lowest BCUT2D eigenvalue weighted by atomic mass is 10.2. The van der Waals surface area contributed by atoms with Crippen LogP contribution >= 0.6 is 15.9 Å². The molecule has 88 valence electrons. The maximum absolute atomic E-state index is 13.3. The average Bonchev–Trinajstić information content (AvgIpc) is 2.29. The van der Waals surface area contributed by atoms with Crippen LogP contribution in [0.2, 0.25) is 0 Å². The fourth-order valence-corrected chi connectivity index (χ4v) is 1.50. The maximum atomic E-state index is 13.3. The number of rotatable bonds is 2. The van der Waals surface area contributed by atoms with Gasteiger partial charge in [0, 0.05) is 12.1 Å².